The third-order valence-electron chi connectivity index (χ3n) is 7.54. The normalized spacial score (nSPS) is 25.3. The fraction of sp³-hybridized carbons (Fsp3) is 0.667. The van der Waals surface area contributed by atoms with Crippen molar-refractivity contribution in [1.82, 2.24) is 0 Å². The van der Waals surface area contributed by atoms with Crippen molar-refractivity contribution in [3.63, 3.8) is 0 Å². The minimum Gasteiger partial charge on any atom is -0.502 e. The molecule has 1 aliphatic carbocycles. The highest BCUT2D eigenvalue weighted by atomic mass is 16.5. The summed E-state index contributed by atoms with van der Waals surface area (Å²) >= 11 is 0. The van der Waals surface area contributed by atoms with E-state index in [-0.39, 0.29) is 32.1 Å². The highest BCUT2D eigenvalue weighted by molar-refractivity contribution is 5.88. The van der Waals surface area contributed by atoms with Gasteiger partial charge in [-0.05, 0) is 76.5 Å². The summed E-state index contributed by atoms with van der Waals surface area (Å²) < 4.78 is 15.5. The van der Waals surface area contributed by atoms with Crippen LogP contribution in [0.3, 0.4) is 0 Å². The second-order valence-electron chi connectivity index (χ2n) is 9.28. The Balaban J connectivity index is 3.47. The van der Waals surface area contributed by atoms with E-state index in [1.165, 1.54) is 18.8 Å². The zero-order valence-corrected chi connectivity index (χ0v) is 21.2. The Morgan fingerprint density at radius 3 is 1.69 bits per heavy atom. The molecule has 0 spiro atoms. The van der Waals surface area contributed by atoms with Gasteiger partial charge in [-0.2, -0.15) is 0 Å². The Morgan fingerprint density at radius 1 is 0.750 bits per heavy atom. The molecule has 0 heterocycles. The van der Waals surface area contributed by atoms with Crippen molar-refractivity contribution >= 4 is 17.9 Å². The molecule has 0 bridgehead atoms. The van der Waals surface area contributed by atoms with Crippen LogP contribution < -0.4 is 0 Å². The number of carboxylic acids is 3. The molecule has 4 atom stereocenters. The number of hydrogen-bond acceptors (Lipinski definition) is 6. The highest BCUT2D eigenvalue weighted by Crippen LogP contribution is 2.62. The second-order valence-corrected chi connectivity index (χ2v) is 9.28. The lowest BCUT2D eigenvalue weighted by Crippen LogP contribution is -2.62. The van der Waals surface area contributed by atoms with Gasteiger partial charge in [-0.25, -0.2) is 0 Å². The van der Waals surface area contributed by atoms with Crippen LogP contribution in [0.5, 0.6) is 0 Å². The van der Waals surface area contributed by atoms with E-state index in [2.05, 4.69) is 19.7 Å². The van der Waals surface area contributed by atoms with Gasteiger partial charge in [0.15, 0.2) is 0 Å². The topological polar surface area (TPSA) is 140 Å². The SMILES string of the molecule is C=COCCCCC1C(C(=O)O)CCC(CCCCOC=C)(C(=O)O)C1(CCCCOC=C)C(=O)O. The number of rotatable bonds is 21. The van der Waals surface area contributed by atoms with Crippen molar-refractivity contribution in [3.8, 4) is 0 Å². The summed E-state index contributed by atoms with van der Waals surface area (Å²) in [7, 11) is 0. The number of aliphatic carboxylic acids is 3. The van der Waals surface area contributed by atoms with Crippen molar-refractivity contribution in [3.05, 3.63) is 38.5 Å². The molecule has 1 aliphatic rings. The summed E-state index contributed by atoms with van der Waals surface area (Å²) in [6, 6.07) is 0. The summed E-state index contributed by atoms with van der Waals surface area (Å²) in [5, 5.41) is 31.4. The van der Waals surface area contributed by atoms with Crippen molar-refractivity contribution in [1.29, 1.82) is 0 Å². The van der Waals surface area contributed by atoms with Crippen molar-refractivity contribution < 1.29 is 43.9 Å². The fourth-order valence-corrected chi connectivity index (χ4v) is 5.92. The van der Waals surface area contributed by atoms with Crippen molar-refractivity contribution in [2.24, 2.45) is 22.7 Å². The smallest absolute Gasteiger partial charge is 0.311 e. The van der Waals surface area contributed by atoms with E-state index in [0.29, 0.717) is 58.3 Å². The average molecular weight is 511 g/mol. The molecule has 36 heavy (non-hydrogen) atoms. The molecule has 204 valence electrons. The Hall–Kier alpha value is -2.97. The van der Waals surface area contributed by atoms with E-state index in [1.54, 1.807) is 0 Å². The van der Waals surface area contributed by atoms with Crippen LogP contribution in [0, 0.1) is 22.7 Å². The molecule has 0 aliphatic heterocycles. The van der Waals surface area contributed by atoms with Gasteiger partial charge in [0, 0.05) is 0 Å². The molecule has 0 amide bonds. The zero-order valence-electron chi connectivity index (χ0n) is 21.2. The Labute approximate surface area is 213 Å². The molecule has 9 nitrogen and oxygen atoms in total. The molecule has 0 aromatic rings. The molecule has 9 heteroatoms. The lowest BCUT2D eigenvalue weighted by Gasteiger charge is -2.55. The van der Waals surface area contributed by atoms with Gasteiger partial charge in [-0.3, -0.25) is 14.4 Å². The van der Waals surface area contributed by atoms with Gasteiger partial charge in [-0.15, -0.1) is 0 Å². The van der Waals surface area contributed by atoms with E-state index in [1.807, 2.05) is 0 Å². The average Bonchev–Trinajstić information content (AvgIpc) is 2.83. The van der Waals surface area contributed by atoms with Crippen LogP contribution in [-0.2, 0) is 28.6 Å². The number of carboxylic acid groups (broad SMARTS) is 3. The lowest BCUT2D eigenvalue weighted by molar-refractivity contribution is -0.199. The molecule has 1 fully saturated rings. The molecule has 0 aromatic heterocycles. The minimum atomic E-state index is -1.74. The summed E-state index contributed by atoms with van der Waals surface area (Å²) in [5.74, 6) is -5.29. The van der Waals surface area contributed by atoms with E-state index in [9.17, 15) is 29.7 Å². The third kappa shape index (κ3) is 7.51. The Kier molecular flexibility index (Phi) is 13.7. The van der Waals surface area contributed by atoms with Gasteiger partial charge in [0.25, 0.3) is 0 Å². The Bertz CT molecular complexity index is 750. The molecule has 0 radical (unpaired) electrons. The summed E-state index contributed by atoms with van der Waals surface area (Å²) in [6.07, 6.45) is 7.45. The van der Waals surface area contributed by atoms with E-state index in [0.717, 1.165) is 0 Å². The van der Waals surface area contributed by atoms with Gasteiger partial charge in [0.1, 0.15) is 0 Å². The first-order valence-electron chi connectivity index (χ1n) is 12.6. The largest absolute Gasteiger partial charge is 0.502 e. The summed E-state index contributed by atoms with van der Waals surface area (Å²) in [4.78, 5) is 38.5. The first-order chi connectivity index (χ1) is 17.2. The molecule has 1 saturated carbocycles. The molecule has 1 rings (SSSR count). The van der Waals surface area contributed by atoms with Gasteiger partial charge in [-0.1, -0.05) is 19.7 Å². The van der Waals surface area contributed by atoms with Crippen LogP contribution >= 0.6 is 0 Å². The fourth-order valence-electron chi connectivity index (χ4n) is 5.92. The Morgan fingerprint density at radius 2 is 1.25 bits per heavy atom. The van der Waals surface area contributed by atoms with Gasteiger partial charge in [0.05, 0.1) is 55.4 Å². The molecule has 4 unspecified atom stereocenters. The van der Waals surface area contributed by atoms with Crippen LogP contribution in [0.25, 0.3) is 0 Å². The first kappa shape index (κ1) is 31.1. The van der Waals surface area contributed by atoms with E-state index in [4.69, 9.17) is 14.2 Å². The number of unbranched alkanes of at least 4 members (excludes halogenated alkanes) is 3. The van der Waals surface area contributed by atoms with Crippen LogP contribution in [0.2, 0.25) is 0 Å². The third-order valence-corrected chi connectivity index (χ3v) is 7.54. The van der Waals surface area contributed by atoms with E-state index >= 15 is 0 Å². The first-order valence-corrected chi connectivity index (χ1v) is 12.6. The number of carbonyl (C=O) groups is 3. The highest BCUT2D eigenvalue weighted by Gasteiger charge is 2.67. The maximum absolute atomic E-state index is 13.2. The van der Waals surface area contributed by atoms with Crippen LogP contribution in [0.15, 0.2) is 38.5 Å². The van der Waals surface area contributed by atoms with Crippen LogP contribution in [0.4, 0.5) is 0 Å². The van der Waals surface area contributed by atoms with Crippen LogP contribution in [-0.4, -0.2) is 53.0 Å². The summed E-state index contributed by atoms with van der Waals surface area (Å²) in [5.41, 5.74) is -3.34. The second kappa shape index (κ2) is 15.9. The molecular formula is C27H42O9. The monoisotopic (exact) mass is 510 g/mol. The summed E-state index contributed by atoms with van der Waals surface area (Å²) in [6.45, 7) is 11.5. The molecule has 0 saturated heterocycles. The van der Waals surface area contributed by atoms with Gasteiger partial charge < -0.3 is 29.5 Å². The predicted molar refractivity (Wildman–Crippen MR) is 134 cm³/mol. The standard InChI is InChI=1S/C27H42O9/c1-4-34-18-10-7-13-22-21(23(28)29)14-17-26(24(30)31,15-8-11-19-35-5-2)27(22,25(32)33)16-9-12-20-36-6-3/h4-6,21-22H,1-3,7-20H2,(H,28,29)(H,30,31)(H,32,33). The molecular weight excluding hydrogens is 468 g/mol. The van der Waals surface area contributed by atoms with Crippen molar-refractivity contribution in [2.45, 2.75) is 70.6 Å². The molecule has 0 aromatic carbocycles. The number of hydrogen-bond donors (Lipinski definition) is 3. The maximum Gasteiger partial charge on any atom is 0.311 e. The quantitative estimate of drug-likeness (QED) is 0.140. The minimum absolute atomic E-state index is 0.00680. The maximum atomic E-state index is 13.2. The van der Waals surface area contributed by atoms with Crippen LogP contribution in [0.1, 0.15) is 70.6 Å². The van der Waals surface area contributed by atoms with Gasteiger partial charge in [0.2, 0.25) is 0 Å². The predicted octanol–water partition coefficient (Wildman–Crippen LogP) is 5.23. The van der Waals surface area contributed by atoms with E-state index < -0.39 is 40.6 Å². The lowest BCUT2D eigenvalue weighted by atomic mass is 9.45. The molecule has 3 N–H and O–H groups in total. The van der Waals surface area contributed by atoms with Crippen molar-refractivity contribution in [2.75, 3.05) is 19.8 Å². The zero-order chi connectivity index (χ0) is 27.0. The van der Waals surface area contributed by atoms with Gasteiger partial charge >= 0.3 is 17.9 Å². The number of ether oxygens (including phenoxy) is 3.